The summed E-state index contributed by atoms with van der Waals surface area (Å²) in [7, 11) is 0. The molecule has 0 aliphatic carbocycles. The Labute approximate surface area is 109 Å². The third-order valence-corrected chi connectivity index (χ3v) is 3.38. The molecular weight excluding hydrogens is 226 g/mol. The zero-order valence-corrected chi connectivity index (χ0v) is 11.3. The maximum atomic E-state index is 9.16. The molecule has 3 heteroatoms. The van der Waals surface area contributed by atoms with Crippen LogP contribution in [0, 0.1) is 5.41 Å². The van der Waals surface area contributed by atoms with E-state index in [1.165, 1.54) is 11.1 Å². The van der Waals surface area contributed by atoms with Crippen molar-refractivity contribution in [2.45, 2.75) is 26.7 Å². The first-order valence-corrected chi connectivity index (χ1v) is 6.67. The topological polar surface area (TPSA) is 41.5 Å². The molecule has 1 aromatic rings. The zero-order valence-electron chi connectivity index (χ0n) is 11.3. The van der Waals surface area contributed by atoms with Crippen molar-refractivity contribution in [1.29, 1.82) is 0 Å². The van der Waals surface area contributed by atoms with E-state index < -0.39 is 0 Å². The van der Waals surface area contributed by atoms with Crippen molar-refractivity contribution in [2.24, 2.45) is 5.41 Å². The maximum Gasteiger partial charge on any atom is 0.122 e. The number of rotatable bonds is 6. The van der Waals surface area contributed by atoms with Crippen LogP contribution < -0.4 is 10.1 Å². The monoisotopic (exact) mass is 249 g/mol. The molecule has 2 N–H and O–H groups in total. The van der Waals surface area contributed by atoms with Crippen LogP contribution in [0.4, 0.5) is 0 Å². The first-order valence-electron chi connectivity index (χ1n) is 6.67. The average Bonchev–Trinajstić information content (AvgIpc) is 2.82. The van der Waals surface area contributed by atoms with Crippen LogP contribution in [-0.2, 0) is 12.8 Å². The van der Waals surface area contributed by atoms with E-state index in [1.807, 2.05) is 0 Å². The fourth-order valence-electron chi connectivity index (χ4n) is 2.11. The molecular formula is C15H23NO2. The Bertz CT molecular complexity index is 401. The molecule has 0 radical (unpaired) electrons. The summed E-state index contributed by atoms with van der Waals surface area (Å²) in [4.78, 5) is 0. The van der Waals surface area contributed by atoms with Gasteiger partial charge < -0.3 is 15.2 Å². The molecule has 1 aromatic carbocycles. The first-order chi connectivity index (χ1) is 8.61. The normalized spacial score (nSPS) is 14.4. The Hall–Kier alpha value is -1.06. The molecule has 0 saturated heterocycles. The van der Waals surface area contributed by atoms with Gasteiger partial charge in [-0.15, -0.1) is 0 Å². The molecule has 0 spiro atoms. The molecule has 18 heavy (non-hydrogen) atoms. The Morgan fingerprint density at radius 2 is 2.22 bits per heavy atom. The summed E-state index contributed by atoms with van der Waals surface area (Å²) in [6.07, 6.45) is 2.06. The zero-order chi connectivity index (χ0) is 13.0. The first kappa shape index (κ1) is 13.4. The Morgan fingerprint density at radius 1 is 1.39 bits per heavy atom. The minimum absolute atomic E-state index is 0.0359. The van der Waals surface area contributed by atoms with Crippen LogP contribution in [0.2, 0.25) is 0 Å². The lowest BCUT2D eigenvalue weighted by molar-refractivity contribution is 0.157. The van der Waals surface area contributed by atoms with Gasteiger partial charge in [-0.2, -0.15) is 0 Å². The summed E-state index contributed by atoms with van der Waals surface area (Å²) in [6, 6.07) is 6.47. The van der Waals surface area contributed by atoms with E-state index in [4.69, 9.17) is 9.84 Å². The van der Waals surface area contributed by atoms with E-state index in [1.54, 1.807) is 0 Å². The molecule has 1 aliphatic heterocycles. The fourth-order valence-corrected chi connectivity index (χ4v) is 2.11. The second-order valence-corrected chi connectivity index (χ2v) is 5.79. The molecule has 0 atom stereocenters. The molecule has 0 unspecified atom stereocenters. The van der Waals surface area contributed by atoms with Crippen molar-refractivity contribution in [2.75, 3.05) is 26.3 Å². The van der Waals surface area contributed by atoms with Crippen LogP contribution >= 0.6 is 0 Å². The van der Waals surface area contributed by atoms with Gasteiger partial charge in [0.15, 0.2) is 0 Å². The van der Waals surface area contributed by atoms with Crippen molar-refractivity contribution < 1.29 is 9.84 Å². The van der Waals surface area contributed by atoms with E-state index in [0.29, 0.717) is 0 Å². The van der Waals surface area contributed by atoms with Gasteiger partial charge in [-0.05, 0) is 30.2 Å². The molecule has 0 aromatic heterocycles. The molecule has 0 bridgehead atoms. The van der Waals surface area contributed by atoms with Gasteiger partial charge in [-0.1, -0.05) is 26.0 Å². The van der Waals surface area contributed by atoms with E-state index in [0.717, 1.165) is 38.3 Å². The summed E-state index contributed by atoms with van der Waals surface area (Å²) in [5.41, 5.74) is 2.66. The summed E-state index contributed by atoms with van der Waals surface area (Å²) in [5, 5.41) is 12.6. The number of hydrogen-bond donors (Lipinski definition) is 2. The highest BCUT2D eigenvalue weighted by molar-refractivity contribution is 5.39. The summed E-state index contributed by atoms with van der Waals surface area (Å²) >= 11 is 0. The average molecular weight is 249 g/mol. The highest BCUT2D eigenvalue weighted by Crippen LogP contribution is 2.25. The lowest BCUT2D eigenvalue weighted by Gasteiger charge is -2.21. The molecule has 1 aliphatic rings. The third kappa shape index (κ3) is 3.47. The van der Waals surface area contributed by atoms with Gasteiger partial charge in [0.25, 0.3) is 0 Å². The fraction of sp³-hybridized carbons (Fsp3) is 0.600. The van der Waals surface area contributed by atoms with Gasteiger partial charge in [-0.25, -0.2) is 0 Å². The number of hydrogen-bond acceptors (Lipinski definition) is 3. The molecule has 0 amide bonds. The summed E-state index contributed by atoms with van der Waals surface area (Å²) in [6.45, 7) is 6.96. The second-order valence-electron chi connectivity index (χ2n) is 5.79. The minimum atomic E-state index is -0.0359. The Balaban J connectivity index is 1.77. The predicted molar refractivity (Wildman–Crippen MR) is 73.1 cm³/mol. The van der Waals surface area contributed by atoms with Crippen LogP contribution in [0.25, 0.3) is 0 Å². The highest BCUT2D eigenvalue weighted by Gasteiger charge is 2.15. The van der Waals surface area contributed by atoms with E-state index in [2.05, 4.69) is 37.4 Å². The SMILES string of the molecule is CC(C)(CO)CNCCc1ccc2c(c1)CCO2. The smallest absolute Gasteiger partial charge is 0.122 e. The van der Waals surface area contributed by atoms with Gasteiger partial charge >= 0.3 is 0 Å². The number of ether oxygens (including phenoxy) is 1. The van der Waals surface area contributed by atoms with Crippen molar-refractivity contribution in [1.82, 2.24) is 5.32 Å². The molecule has 100 valence electrons. The Morgan fingerprint density at radius 3 is 3.00 bits per heavy atom. The van der Waals surface area contributed by atoms with Gasteiger partial charge in [0, 0.05) is 25.0 Å². The number of nitrogens with one attached hydrogen (secondary N) is 1. The number of aliphatic hydroxyl groups is 1. The summed E-state index contributed by atoms with van der Waals surface area (Å²) < 4.78 is 5.49. The van der Waals surface area contributed by atoms with E-state index in [-0.39, 0.29) is 12.0 Å². The van der Waals surface area contributed by atoms with Crippen molar-refractivity contribution >= 4 is 0 Å². The molecule has 1 heterocycles. The highest BCUT2D eigenvalue weighted by atomic mass is 16.5. The standard InChI is InChI=1S/C15H23NO2/c1-15(2,11-17)10-16-7-5-12-3-4-14-13(9-12)6-8-18-14/h3-4,9,16-17H,5-8,10-11H2,1-2H3. The van der Waals surface area contributed by atoms with Crippen molar-refractivity contribution in [3.8, 4) is 5.75 Å². The van der Waals surface area contributed by atoms with Gasteiger partial charge in [0.05, 0.1) is 6.61 Å². The maximum absolute atomic E-state index is 9.16. The van der Waals surface area contributed by atoms with Crippen molar-refractivity contribution in [3.63, 3.8) is 0 Å². The van der Waals surface area contributed by atoms with Crippen LogP contribution in [0.1, 0.15) is 25.0 Å². The van der Waals surface area contributed by atoms with Gasteiger partial charge in [-0.3, -0.25) is 0 Å². The van der Waals surface area contributed by atoms with Crippen molar-refractivity contribution in [3.05, 3.63) is 29.3 Å². The largest absolute Gasteiger partial charge is 0.493 e. The lowest BCUT2D eigenvalue weighted by Crippen LogP contribution is -2.33. The minimum Gasteiger partial charge on any atom is -0.493 e. The van der Waals surface area contributed by atoms with E-state index in [9.17, 15) is 0 Å². The van der Waals surface area contributed by atoms with E-state index >= 15 is 0 Å². The number of aliphatic hydroxyl groups excluding tert-OH is 1. The number of fused-ring (bicyclic) bond motifs is 1. The van der Waals surface area contributed by atoms with Crippen LogP contribution in [-0.4, -0.2) is 31.4 Å². The molecule has 3 nitrogen and oxygen atoms in total. The molecule has 0 saturated carbocycles. The van der Waals surface area contributed by atoms with Gasteiger partial charge in [0.2, 0.25) is 0 Å². The lowest BCUT2D eigenvalue weighted by atomic mass is 9.95. The van der Waals surface area contributed by atoms with Crippen LogP contribution in [0.5, 0.6) is 5.75 Å². The Kier molecular flexibility index (Phi) is 4.25. The predicted octanol–water partition coefficient (Wildman–Crippen LogP) is 1.77. The quantitative estimate of drug-likeness (QED) is 0.755. The summed E-state index contributed by atoms with van der Waals surface area (Å²) in [5.74, 6) is 1.05. The molecule has 2 rings (SSSR count). The van der Waals surface area contributed by atoms with Crippen LogP contribution in [0.15, 0.2) is 18.2 Å². The third-order valence-electron chi connectivity index (χ3n) is 3.38. The molecule has 0 fully saturated rings. The van der Waals surface area contributed by atoms with Crippen LogP contribution in [0.3, 0.4) is 0 Å². The van der Waals surface area contributed by atoms with Gasteiger partial charge in [0.1, 0.15) is 5.75 Å². The second kappa shape index (κ2) is 5.72. The number of benzene rings is 1.